The number of hydrogen-bond donors (Lipinski definition) is 0. The van der Waals surface area contributed by atoms with Crippen molar-refractivity contribution in [1.29, 1.82) is 0 Å². The van der Waals surface area contributed by atoms with Gasteiger partial charge in [-0.2, -0.15) is 0 Å². The SMILES string of the molecule is Clc1cccc(Cl)c1CC1CCCC1Br. The maximum atomic E-state index is 6.16. The Bertz CT molecular complexity index is 331. The average molecular weight is 308 g/mol. The van der Waals surface area contributed by atoms with E-state index in [0.717, 1.165) is 22.0 Å². The van der Waals surface area contributed by atoms with Crippen LogP contribution >= 0.6 is 39.1 Å². The van der Waals surface area contributed by atoms with Crippen molar-refractivity contribution in [3.05, 3.63) is 33.8 Å². The van der Waals surface area contributed by atoms with Gasteiger partial charge in [0.2, 0.25) is 0 Å². The monoisotopic (exact) mass is 306 g/mol. The van der Waals surface area contributed by atoms with E-state index in [1.165, 1.54) is 19.3 Å². The van der Waals surface area contributed by atoms with E-state index in [1.807, 2.05) is 18.2 Å². The minimum Gasteiger partial charge on any atom is -0.0888 e. The van der Waals surface area contributed by atoms with Crippen molar-refractivity contribution in [2.45, 2.75) is 30.5 Å². The van der Waals surface area contributed by atoms with Crippen molar-refractivity contribution >= 4 is 39.1 Å². The highest BCUT2D eigenvalue weighted by atomic mass is 79.9. The van der Waals surface area contributed by atoms with E-state index in [2.05, 4.69) is 15.9 Å². The molecule has 1 aliphatic carbocycles. The van der Waals surface area contributed by atoms with Crippen LogP contribution in [0.3, 0.4) is 0 Å². The molecule has 0 bridgehead atoms. The quantitative estimate of drug-likeness (QED) is 0.667. The maximum absolute atomic E-state index is 6.16. The fraction of sp³-hybridized carbons (Fsp3) is 0.500. The zero-order valence-electron chi connectivity index (χ0n) is 8.35. The lowest BCUT2D eigenvalue weighted by Gasteiger charge is -2.15. The van der Waals surface area contributed by atoms with E-state index in [-0.39, 0.29) is 0 Å². The van der Waals surface area contributed by atoms with Crippen molar-refractivity contribution in [3.8, 4) is 0 Å². The molecule has 0 nitrogen and oxygen atoms in total. The van der Waals surface area contributed by atoms with Crippen LogP contribution in [0, 0.1) is 5.92 Å². The molecule has 0 heterocycles. The van der Waals surface area contributed by atoms with Crippen molar-refractivity contribution in [2.75, 3.05) is 0 Å². The molecule has 1 saturated carbocycles. The van der Waals surface area contributed by atoms with Gasteiger partial charge < -0.3 is 0 Å². The molecule has 0 amide bonds. The van der Waals surface area contributed by atoms with Gasteiger partial charge in [-0.25, -0.2) is 0 Å². The Balaban J connectivity index is 2.16. The van der Waals surface area contributed by atoms with Crippen molar-refractivity contribution in [3.63, 3.8) is 0 Å². The summed E-state index contributed by atoms with van der Waals surface area (Å²) in [4.78, 5) is 0.629. The predicted molar refractivity (Wildman–Crippen MR) is 70.2 cm³/mol. The van der Waals surface area contributed by atoms with E-state index in [0.29, 0.717) is 10.7 Å². The Morgan fingerprint density at radius 2 is 1.87 bits per heavy atom. The van der Waals surface area contributed by atoms with Crippen molar-refractivity contribution in [1.82, 2.24) is 0 Å². The second-order valence-corrected chi connectivity index (χ2v) is 6.10. The van der Waals surface area contributed by atoms with E-state index >= 15 is 0 Å². The molecule has 15 heavy (non-hydrogen) atoms. The van der Waals surface area contributed by atoms with Gasteiger partial charge in [0.25, 0.3) is 0 Å². The molecule has 2 rings (SSSR count). The summed E-state index contributed by atoms with van der Waals surface area (Å²) in [5.41, 5.74) is 1.11. The third-order valence-electron chi connectivity index (χ3n) is 3.09. The Kier molecular flexibility index (Phi) is 3.98. The number of halogens is 3. The summed E-state index contributed by atoms with van der Waals surface area (Å²) in [5, 5.41) is 1.60. The van der Waals surface area contributed by atoms with Gasteiger partial charge in [0.15, 0.2) is 0 Å². The van der Waals surface area contributed by atoms with Crippen molar-refractivity contribution in [2.24, 2.45) is 5.92 Å². The molecule has 0 radical (unpaired) electrons. The third-order valence-corrected chi connectivity index (χ3v) is 5.01. The molecule has 0 aliphatic heterocycles. The highest BCUT2D eigenvalue weighted by Gasteiger charge is 2.26. The zero-order chi connectivity index (χ0) is 10.8. The molecule has 1 aromatic carbocycles. The Morgan fingerprint density at radius 3 is 2.40 bits per heavy atom. The van der Waals surface area contributed by atoms with Gasteiger partial charge >= 0.3 is 0 Å². The summed E-state index contributed by atoms with van der Waals surface area (Å²) in [6.07, 6.45) is 4.85. The summed E-state index contributed by atoms with van der Waals surface area (Å²) in [6, 6.07) is 5.73. The Hall–Kier alpha value is 0.280. The lowest BCUT2D eigenvalue weighted by Crippen LogP contribution is -2.10. The standard InChI is InChI=1S/C12H13BrCl2/c13-10-4-1-3-8(10)7-9-11(14)5-2-6-12(9)15/h2,5-6,8,10H,1,3-4,7H2. The molecule has 1 fully saturated rings. The first-order chi connectivity index (χ1) is 7.18. The number of alkyl halides is 1. The fourth-order valence-electron chi connectivity index (χ4n) is 2.21. The van der Waals surface area contributed by atoms with E-state index < -0.39 is 0 Å². The van der Waals surface area contributed by atoms with Crippen LogP contribution in [0.1, 0.15) is 24.8 Å². The summed E-state index contributed by atoms with van der Waals surface area (Å²) in [7, 11) is 0. The summed E-state index contributed by atoms with van der Waals surface area (Å²) in [5.74, 6) is 0.683. The molecule has 1 aliphatic rings. The van der Waals surface area contributed by atoms with Crippen LogP contribution in [-0.4, -0.2) is 4.83 Å². The Morgan fingerprint density at radius 1 is 1.20 bits per heavy atom. The average Bonchev–Trinajstić information content (AvgIpc) is 2.58. The Labute approximate surface area is 109 Å². The van der Waals surface area contributed by atoms with Crippen LogP contribution in [0.25, 0.3) is 0 Å². The van der Waals surface area contributed by atoms with Crippen LogP contribution in [0.5, 0.6) is 0 Å². The largest absolute Gasteiger partial charge is 0.0888 e. The molecule has 0 spiro atoms. The van der Waals surface area contributed by atoms with Crippen LogP contribution in [0.2, 0.25) is 10.0 Å². The molecule has 0 N–H and O–H groups in total. The smallest absolute Gasteiger partial charge is 0.0452 e. The number of rotatable bonds is 2. The molecule has 2 atom stereocenters. The fourth-order valence-corrected chi connectivity index (χ4v) is 3.54. The summed E-state index contributed by atoms with van der Waals surface area (Å²) >= 11 is 16.0. The number of benzene rings is 1. The van der Waals surface area contributed by atoms with E-state index in [1.54, 1.807) is 0 Å². The van der Waals surface area contributed by atoms with Crippen LogP contribution in [0.4, 0.5) is 0 Å². The van der Waals surface area contributed by atoms with Crippen LogP contribution in [0.15, 0.2) is 18.2 Å². The van der Waals surface area contributed by atoms with Gasteiger partial charge in [0.05, 0.1) is 0 Å². The molecule has 0 saturated heterocycles. The van der Waals surface area contributed by atoms with Gasteiger partial charge in [-0.1, -0.05) is 51.6 Å². The molecule has 1 aromatic rings. The van der Waals surface area contributed by atoms with E-state index in [9.17, 15) is 0 Å². The minimum atomic E-state index is 0.629. The first-order valence-corrected chi connectivity index (χ1v) is 6.92. The van der Waals surface area contributed by atoms with Crippen LogP contribution in [-0.2, 0) is 6.42 Å². The zero-order valence-corrected chi connectivity index (χ0v) is 11.4. The van der Waals surface area contributed by atoms with Gasteiger partial charge in [0.1, 0.15) is 0 Å². The van der Waals surface area contributed by atoms with E-state index in [4.69, 9.17) is 23.2 Å². The molecular weight excluding hydrogens is 295 g/mol. The van der Waals surface area contributed by atoms with Crippen LogP contribution < -0.4 is 0 Å². The van der Waals surface area contributed by atoms with Gasteiger partial charge in [0, 0.05) is 14.9 Å². The lowest BCUT2D eigenvalue weighted by atomic mass is 9.98. The molecule has 82 valence electrons. The van der Waals surface area contributed by atoms with Gasteiger partial charge in [-0.05, 0) is 42.9 Å². The molecule has 2 unspecified atom stereocenters. The first-order valence-electron chi connectivity index (χ1n) is 5.25. The highest BCUT2D eigenvalue weighted by molar-refractivity contribution is 9.09. The second-order valence-electron chi connectivity index (χ2n) is 4.11. The number of hydrogen-bond acceptors (Lipinski definition) is 0. The minimum absolute atomic E-state index is 0.629. The van der Waals surface area contributed by atoms with Gasteiger partial charge in [-0.15, -0.1) is 0 Å². The normalized spacial score (nSPS) is 25.8. The maximum Gasteiger partial charge on any atom is 0.0452 e. The topological polar surface area (TPSA) is 0 Å². The highest BCUT2D eigenvalue weighted by Crippen LogP contribution is 2.37. The predicted octanol–water partition coefficient (Wildman–Crippen LogP) is 5.10. The summed E-state index contributed by atoms with van der Waals surface area (Å²) in [6.45, 7) is 0. The van der Waals surface area contributed by atoms with Gasteiger partial charge in [-0.3, -0.25) is 0 Å². The molecule has 0 aromatic heterocycles. The second kappa shape index (κ2) is 5.07. The molecule has 3 heteroatoms. The van der Waals surface area contributed by atoms with Crippen molar-refractivity contribution < 1.29 is 0 Å². The lowest BCUT2D eigenvalue weighted by molar-refractivity contribution is 0.563. The third kappa shape index (κ3) is 2.69. The molecular formula is C12H13BrCl2. The summed E-state index contributed by atoms with van der Waals surface area (Å²) < 4.78 is 0. The first kappa shape index (κ1) is 11.8.